The van der Waals surface area contributed by atoms with Crippen LogP contribution in [-0.4, -0.2) is 9.13 Å². The third-order valence-corrected chi connectivity index (χ3v) is 10.1. The molecule has 6 aromatic carbocycles. The number of aromatic nitrogens is 2. The van der Waals surface area contributed by atoms with Crippen LogP contribution < -0.4 is 0 Å². The molecule has 0 saturated heterocycles. The summed E-state index contributed by atoms with van der Waals surface area (Å²) in [6, 6.07) is 48.9. The molecule has 0 bridgehead atoms. The van der Waals surface area contributed by atoms with Gasteiger partial charge in [-0.05, 0) is 90.4 Å². The summed E-state index contributed by atoms with van der Waals surface area (Å²) in [5.74, 6) is -0.168. The lowest BCUT2D eigenvalue weighted by Gasteiger charge is -2.15. The van der Waals surface area contributed by atoms with Gasteiger partial charge in [-0.3, -0.25) is 0 Å². The number of hydrogen-bond donors (Lipinski definition) is 0. The Labute approximate surface area is 281 Å². The number of furan rings is 1. The highest BCUT2D eigenvalue weighted by molar-refractivity contribution is 6.12. The molecule has 9 aromatic rings. The highest BCUT2D eigenvalue weighted by atomic mass is 16.3. The molecule has 1 unspecified atom stereocenters. The molecule has 0 spiro atoms. The molecular weight excluding hydrogens is 601 g/mol. The van der Waals surface area contributed by atoms with Crippen LogP contribution in [0.15, 0.2) is 138 Å². The molecular formula is C44H26N4O. The number of hydrogen-bond acceptors (Lipinski definition) is 3. The van der Waals surface area contributed by atoms with Crippen molar-refractivity contribution in [2.24, 2.45) is 0 Å². The summed E-state index contributed by atoms with van der Waals surface area (Å²) in [4.78, 5) is 0. The lowest BCUT2D eigenvalue weighted by atomic mass is 9.90. The molecule has 3 aromatic heterocycles. The molecule has 228 valence electrons. The van der Waals surface area contributed by atoms with Crippen LogP contribution in [0.2, 0.25) is 0 Å². The van der Waals surface area contributed by atoms with Gasteiger partial charge >= 0.3 is 0 Å². The van der Waals surface area contributed by atoms with E-state index in [1.165, 1.54) is 0 Å². The third-order valence-electron chi connectivity index (χ3n) is 10.1. The molecule has 0 saturated carbocycles. The van der Waals surface area contributed by atoms with Crippen LogP contribution in [0.5, 0.6) is 0 Å². The van der Waals surface area contributed by atoms with Crippen LogP contribution in [0.4, 0.5) is 0 Å². The molecule has 0 amide bonds. The van der Waals surface area contributed by atoms with E-state index in [4.69, 9.17) is 4.42 Å². The molecule has 3 heterocycles. The Kier molecular flexibility index (Phi) is 5.76. The van der Waals surface area contributed by atoms with Gasteiger partial charge in [0.2, 0.25) is 0 Å². The number of benzene rings is 6. The van der Waals surface area contributed by atoms with E-state index in [-0.39, 0.29) is 5.92 Å². The number of allylic oxidation sites excluding steroid dienone is 1. The van der Waals surface area contributed by atoms with E-state index < -0.39 is 0 Å². The maximum atomic E-state index is 10.00. The topological polar surface area (TPSA) is 70.6 Å². The molecule has 49 heavy (non-hydrogen) atoms. The van der Waals surface area contributed by atoms with Crippen LogP contribution in [0.25, 0.3) is 83.2 Å². The van der Waals surface area contributed by atoms with Gasteiger partial charge in [0.15, 0.2) is 0 Å². The molecule has 1 aliphatic rings. The zero-order valence-corrected chi connectivity index (χ0v) is 26.3. The van der Waals surface area contributed by atoms with Crippen molar-refractivity contribution in [2.75, 3.05) is 0 Å². The molecule has 5 nitrogen and oxygen atoms in total. The summed E-state index contributed by atoms with van der Waals surface area (Å²) in [6.07, 6.45) is 4.99. The van der Waals surface area contributed by atoms with Gasteiger partial charge in [-0.15, -0.1) is 0 Å². The summed E-state index contributed by atoms with van der Waals surface area (Å²) >= 11 is 0. The first-order chi connectivity index (χ1) is 24.2. The fourth-order valence-electron chi connectivity index (χ4n) is 7.94. The van der Waals surface area contributed by atoms with Crippen molar-refractivity contribution in [1.29, 1.82) is 10.5 Å². The molecule has 1 aliphatic carbocycles. The summed E-state index contributed by atoms with van der Waals surface area (Å²) < 4.78 is 10.9. The summed E-state index contributed by atoms with van der Waals surface area (Å²) in [6.45, 7) is 0. The van der Waals surface area contributed by atoms with Gasteiger partial charge in [0.05, 0.1) is 45.9 Å². The normalized spacial score (nSPS) is 14.1. The standard InChI is InChI=1S/C44H26N4O/c45-25-29-9-6-16-39-43(29)33-12-1-3-14-37(33)47(39)31-11-5-8-27(22-31)28-18-20-41-35(23-28)36-24-32(19-21-42(36)49-41)48-38-15-4-2-13-34(38)44-30(26-46)10-7-17-40(44)48/h1-9,11-24,30H,10H2. The van der Waals surface area contributed by atoms with Crippen molar-refractivity contribution in [3.8, 4) is 34.6 Å². The largest absolute Gasteiger partial charge is 0.456 e. The van der Waals surface area contributed by atoms with Gasteiger partial charge in [-0.2, -0.15) is 10.5 Å². The van der Waals surface area contributed by atoms with Crippen LogP contribution in [0, 0.1) is 22.7 Å². The Balaban J connectivity index is 1.14. The summed E-state index contributed by atoms with van der Waals surface area (Å²) in [5, 5.41) is 25.2. The number of nitrogens with zero attached hydrogens (tertiary/aromatic N) is 4. The van der Waals surface area contributed by atoms with Crippen molar-refractivity contribution in [3.63, 3.8) is 0 Å². The van der Waals surface area contributed by atoms with E-state index >= 15 is 0 Å². The second kappa shape index (κ2) is 10.3. The van der Waals surface area contributed by atoms with Crippen molar-refractivity contribution in [3.05, 3.63) is 150 Å². The fraction of sp³-hybridized carbons (Fsp3) is 0.0455. The Morgan fingerprint density at radius 2 is 1.29 bits per heavy atom. The van der Waals surface area contributed by atoms with Crippen molar-refractivity contribution >= 4 is 60.7 Å². The number of para-hydroxylation sites is 2. The molecule has 1 atom stereocenters. The number of nitriles is 2. The van der Waals surface area contributed by atoms with Gasteiger partial charge < -0.3 is 13.6 Å². The fourth-order valence-corrected chi connectivity index (χ4v) is 7.94. The summed E-state index contributed by atoms with van der Waals surface area (Å²) in [7, 11) is 0. The minimum Gasteiger partial charge on any atom is -0.456 e. The molecule has 10 rings (SSSR count). The molecule has 0 fully saturated rings. The van der Waals surface area contributed by atoms with Crippen LogP contribution in [0.3, 0.4) is 0 Å². The van der Waals surface area contributed by atoms with E-state index in [1.54, 1.807) is 0 Å². The van der Waals surface area contributed by atoms with E-state index in [9.17, 15) is 10.5 Å². The molecule has 0 aliphatic heterocycles. The number of rotatable bonds is 3. The minimum atomic E-state index is -0.168. The van der Waals surface area contributed by atoms with Gasteiger partial charge in [-0.1, -0.05) is 66.7 Å². The summed E-state index contributed by atoms with van der Waals surface area (Å²) in [5.41, 5.74) is 11.9. The lowest BCUT2D eigenvalue weighted by Crippen LogP contribution is -2.04. The van der Waals surface area contributed by atoms with E-state index in [2.05, 4.69) is 130 Å². The Morgan fingerprint density at radius 3 is 2.12 bits per heavy atom. The van der Waals surface area contributed by atoms with Gasteiger partial charge in [0.1, 0.15) is 11.2 Å². The first kappa shape index (κ1) is 27.3. The van der Waals surface area contributed by atoms with Crippen molar-refractivity contribution in [1.82, 2.24) is 9.13 Å². The Hall–Kier alpha value is -6.82. The second-order valence-corrected chi connectivity index (χ2v) is 12.7. The molecule has 0 N–H and O–H groups in total. The lowest BCUT2D eigenvalue weighted by molar-refractivity contribution is 0.669. The highest BCUT2D eigenvalue weighted by Crippen LogP contribution is 2.41. The van der Waals surface area contributed by atoms with E-state index in [0.717, 1.165) is 94.8 Å². The minimum absolute atomic E-state index is 0.168. The maximum Gasteiger partial charge on any atom is 0.135 e. The van der Waals surface area contributed by atoms with Crippen molar-refractivity contribution in [2.45, 2.75) is 12.3 Å². The first-order valence-electron chi connectivity index (χ1n) is 16.4. The van der Waals surface area contributed by atoms with E-state index in [0.29, 0.717) is 5.56 Å². The van der Waals surface area contributed by atoms with Crippen LogP contribution >= 0.6 is 0 Å². The second-order valence-electron chi connectivity index (χ2n) is 12.7. The number of fused-ring (bicyclic) bond motifs is 9. The SMILES string of the molecule is N#Cc1cccc2c1c1ccccc1n2-c1cccc(-c2ccc3oc4ccc(-n5c6c(c7ccccc75)C(C#N)CC=C6)cc4c3c2)c1. The molecule has 5 heteroatoms. The average molecular weight is 627 g/mol. The van der Waals surface area contributed by atoms with Gasteiger partial charge in [0.25, 0.3) is 0 Å². The monoisotopic (exact) mass is 626 g/mol. The third kappa shape index (κ3) is 3.91. The quantitative estimate of drug-likeness (QED) is 0.196. The predicted octanol–water partition coefficient (Wildman–Crippen LogP) is 11.2. The van der Waals surface area contributed by atoms with E-state index in [1.807, 2.05) is 30.3 Å². The Bertz CT molecular complexity index is 2950. The zero-order chi connectivity index (χ0) is 32.6. The first-order valence-corrected chi connectivity index (χ1v) is 16.4. The predicted molar refractivity (Wildman–Crippen MR) is 197 cm³/mol. The van der Waals surface area contributed by atoms with Crippen molar-refractivity contribution < 1.29 is 4.42 Å². The van der Waals surface area contributed by atoms with Crippen LogP contribution in [-0.2, 0) is 0 Å². The van der Waals surface area contributed by atoms with Crippen LogP contribution in [0.1, 0.15) is 29.2 Å². The zero-order valence-electron chi connectivity index (χ0n) is 26.3. The average Bonchev–Trinajstić information content (AvgIpc) is 3.82. The van der Waals surface area contributed by atoms with Gasteiger partial charge in [-0.25, -0.2) is 0 Å². The Morgan fingerprint density at radius 1 is 0.592 bits per heavy atom. The highest BCUT2D eigenvalue weighted by Gasteiger charge is 2.25. The van der Waals surface area contributed by atoms with Gasteiger partial charge in [0, 0.05) is 43.9 Å². The smallest absolute Gasteiger partial charge is 0.135 e. The molecule has 0 radical (unpaired) electrons. The maximum absolute atomic E-state index is 10.00.